The Morgan fingerprint density at radius 2 is 1.85 bits per heavy atom. The van der Waals surface area contributed by atoms with Crippen LogP contribution in [-0.2, 0) is 5.41 Å². The molecule has 1 aliphatic heterocycles. The standard InChI is InChI=1S/C16H22BrNO2/c1-16(2,5-6-18-11-3-4-11)12-9-14-15(10-13(12)17)20-8-7-19-14/h9-11,18H,3-8H2,1-2H3. The highest BCUT2D eigenvalue weighted by molar-refractivity contribution is 9.10. The molecule has 0 bridgehead atoms. The molecule has 0 aromatic heterocycles. The average molecular weight is 340 g/mol. The zero-order chi connectivity index (χ0) is 14.2. The molecule has 3 nitrogen and oxygen atoms in total. The molecular formula is C16H22BrNO2. The number of benzene rings is 1. The van der Waals surface area contributed by atoms with E-state index >= 15 is 0 Å². The minimum Gasteiger partial charge on any atom is -0.486 e. The van der Waals surface area contributed by atoms with Gasteiger partial charge in [0.25, 0.3) is 0 Å². The van der Waals surface area contributed by atoms with Gasteiger partial charge in [-0.05, 0) is 48.9 Å². The molecule has 1 saturated carbocycles. The van der Waals surface area contributed by atoms with Crippen molar-refractivity contribution >= 4 is 15.9 Å². The molecule has 20 heavy (non-hydrogen) atoms. The smallest absolute Gasteiger partial charge is 0.162 e. The third-order valence-electron chi connectivity index (χ3n) is 4.12. The summed E-state index contributed by atoms with van der Waals surface area (Å²) in [5, 5.41) is 3.59. The van der Waals surface area contributed by atoms with Crippen LogP contribution >= 0.6 is 15.9 Å². The fraction of sp³-hybridized carbons (Fsp3) is 0.625. The summed E-state index contributed by atoms with van der Waals surface area (Å²) < 4.78 is 12.4. The monoisotopic (exact) mass is 339 g/mol. The third kappa shape index (κ3) is 3.12. The largest absolute Gasteiger partial charge is 0.486 e. The normalized spacial score (nSPS) is 18.1. The summed E-state index contributed by atoms with van der Waals surface area (Å²) in [5.74, 6) is 1.72. The number of hydrogen-bond donors (Lipinski definition) is 1. The lowest BCUT2D eigenvalue weighted by Gasteiger charge is -2.29. The molecule has 0 radical (unpaired) electrons. The Labute approximate surface area is 129 Å². The van der Waals surface area contributed by atoms with Crippen molar-refractivity contribution in [2.24, 2.45) is 0 Å². The number of halogens is 1. The van der Waals surface area contributed by atoms with E-state index < -0.39 is 0 Å². The van der Waals surface area contributed by atoms with Gasteiger partial charge in [0, 0.05) is 10.5 Å². The van der Waals surface area contributed by atoms with Gasteiger partial charge in [-0.1, -0.05) is 29.8 Å². The third-order valence-corrected chi connectivity index (χ3v) is 4.78. The minimum absolute atomic E-state index is 0.108. The van der Waals surface area contributed by atoms with Crippen molar-refractivity contribution in [1.82, 2.24) is 5.32 Å². The van der Waals surface area contributed by atoms with E-state index in [9.17, 15) is 0 Å². The zero-order valence-electron chi connectivity index (χ0n) is 12.2. The second kappa shape index (κ2) is 5.57. The summed E-state index contributed by atoms with van der Waals surface area (Å²) in [6.07, 6.45) is 3.80. The Kier molecular flexibility index (Phi) is 3.95. The maximum Gasteiger partial charge on any atom is 0.162 e. The number of hydrogen-bond acceptors (Lipinski definition) is 3. The molecule has 0 amide bonds. The van der Waals surface area contributed by atoms with Crippen LogP contribution in [0.15, 0.2) is 16.6 Å². The predicted octanol–water partition coefficient (Wildman–Crippen LogP) is 3.64. The van der Waals surface area contributed by atoms with Crippen LogP contribution in [0.3, 0.4) is 0 Å². The average Bonchev–Trinajstić information content (AvgIpc) is 3.21. The molecule has 1 N–H and O–H groups in total. The predicted molar refractivity (Wildman–Crippen MR) is 83.8 cm³/mol. The van der Waals surface area contributed by atoms with E-state index in [-0.39, 0.29) is 5.41 Å². The van der Waals surface area contributed by atoms with E-state index in [4.69, 9.17) is 9.47 Å². The van der Waals surface area contributed by atoms with Crippen molar-refractivity contribution in [1.29, 1.82) is 0 Å². The van der Waals surface area contributed by atoms with Crippen molar-refractivity contribution in [2.45, 2.75) is 44.6 Å². The molecular weight excluding hydrogens is 318 g/mol. The first-order valence-electron chi connectivity index (χ1n) is 7.39. The summed E-state index contributed by atoms with van der Waals surface area (Å²) in [6, 6.07) is 4.95. The van der Waals surface area contributed by atoms with Gasteiger partial charge in [-0.15, -0.1) is 0 Å². The second-order valence-electron chi connectivity index (χ2n) is 6.34. The first-order chi connectivity index (χ1) is 9.56. The van der Waals surface area contributed by atoms with Gasteiger partial charge in [-0.2, -0.15) is 0 Å². The highest BCUT2D eigenvalue weighted by Gasteiger charge is 2.27. The number of rotatable bonds is 5. The van der Waals surface area contributed by atoms with Crippen molar-refractivity contribution < 1.29 is 9.47 Å². The van der Waals surface area contributed by atoms with Gasteiger partial charge in [-0.3, -0.25) is 0 Å². The molecule has 1 aromatic rings. The van der Waals surface area contributed by atoms with Crippen LogP contribution in [0.4, 0.5) is 0 Å². The van der Waals surface area contributed by atoms with Crippen molar-refractivity contribution in [2.75, 3.05) is 19.8 Å². The van der Waals surface area contributed by atoms with Crippen molar-refractivity contribution in [3.8, 4) is 11.5 Å². The van der Waals surface area contributed by atoms with E-state index in [1.807, 2.05) is 6.07 Å². The van der Waals surface area contributed by atoms with Gasteiger partial charge < -0.3 is 14.8 Å². The molecule has 1 heterocycles. The second-order valence-corrected chi connectivity index (χ2v) is 7.19. The molecule has 0 atom stereocenters. The van der Waals surface area contributed by atoms with E-state index in [0.29, 0.717) is 13.2 Å². The highest BCUT2D eigenvalue weighted by Crippen LogP contribution is 2.41. The van der Waals surface area contributed by atoms with Crippen LogP contribution in [-0.4, -0.2) is 25.8 Å². The minimum atomic E-state index is 0.108. The lowest BCUT2D eigenvalue weighted by molar-refractivity contribution is 0.171. The number of ether oxygens (including phenoxy) is 2. The maximum atomic E-state index is 5.71. The first-order valence-corrected chi connectivity index (χ1v) is 8.18. The lowest BCUT2D eigenvalue weighted by atomic mass is 9.81. The van der Waals surface area contributed by atoms with E-state index in [1.54, 1.807) is 0 Å². The fourth-order valence-electron chi connectivity index (χ4n) is 2.59. The van der Waals surface area contributed by atoms with Gasteiger partial charge in [-0.25, -0.2) is 0 Å². The van der Waals surface area contributed by atoms with Crippen LogP contribution in [0.25, 0.3) is 0 Å². The molecule has 110 valence electrons. The molecule has 1 fully saturated rings. The maximum absolute atomic E-state index is 5.71. The molecule has 3 rings (SSSR count). The number of nitrogens with one attached hydrogen (secondary N) is 1. The Morgan fingerprint density at radius 3 is 2.50 bits per heavy atom. The van der Waals surface area contributed by atoms with Crippen LogP contribution in [0, 0.1) is 0 Å². The first kappa shape index (κ1) is 14.2. The van der Waals surface area contributed by atoms with Gasteiger partial charge in [0.05, 0.1) is 0 Å². The topological polar surface area (TPSA) is 30.5 Å². The van der Waals surface area contributed by atoms with E-state index in [1.165, 1.54) is 18.4 Å². The van der Waals surface area contributed by atoms with Crippen LogP contribution in [0.1, 0.15) is 38.7 Å². The van der Waals surface area contributed by atoms with Gasteiger partial charge in [0.2, 0.25) is 0 Å². The Morgan fingerprint density at radius 1 is 1.20 bits per heavy atom. The SMILES string of the molecule is CC(C)(CCNC1CC1)c1cc2c(cc1Br)OCCO2. The Hall–Kier alpha value is -0.740. The molecule has 0 unspecified atom stereocenters. The van der Waals surface area contributed by atoms with Gasteiger partial charge >= 0.3 is 0 Å². The summed E-state index contributed by atoms with van der Waals surface area (Å²) >= 11 is 3.69. The summed E-state index contributed by atoms with van der Waals surface area (Å²) in [7, 11) is 0. The molecule has 4 heteroatoms. The summed E-state index contributed by atoms with van der Waals surface area (Å²) in [4.78, 5) is 0. The van der Waals surface area contributed by atoms with Crippen LogP contribution < -0.4 is 14.8 Å². The molecule has 1 aromatic carbocycles. The quantitative estimate of drug-likeness (QED) is 0.888. The summed E-state index contributed by atoms with van der Waals surface area (Å²) in [6.45, 7) is 6.92. The molecule has 2 aliphatic rings. The van der Waals surface area contributed by atoms with Crippen LogP contribution in [0.5, 0.6) is 11.5 Å². The molecule has 0 spiro atoms. The molecule has 1 aliphatic carbocycles. The highest BCUT2D eigenvalue weighted by atomic mass is 79.9. The van der Waals surface area contributed by atoms with Gasteiger partial charge in [0.15, 0.2) is 11.5 Å². The summed E-state index contributed by atoms with van der Waals surface area (Å²) in [5.41, 5.74) is 1.40. The zero-order valence-corrected chi connectivity index (χ0v) is 13.8. The van der Waals surface area contributed by atoms with Crippen molar-refractivity contribution in [3.05, 3.63) is 22.2 Å². The van der Waals surface area contributed by atoms with E-state index in [0.717, 1.165) is 35.0 Å². The number of fused-ring (bicyclic) bond motifs is 1. The van der Waals surface area contributed by atoms with Crippen molar-refractivity contribution in [3.63, 3.8) is 0 Å². The van der Waals surface area contributed by atoms with Gasteiger partial charge in [0.1, 0.15) is 13.2 Å². The molecule has 0 saturated heterocycles. The fourth-order valence-corrected chi connectivity index (χ4v) is 3.45. The Balaban J connectivity index is 1.76. The lowest BCUT2D eigenvalue weighted by Crippen LogP contribution is -2.27. The van der Waals surface area contributed by atoms with E-state index in [2.05, 4.69) is 41.2 Å². The Bertz CT molecular complexity index is 497. The van der Waals surface area contributed by atoms with Crippen LogP contribution in [0.2, 0.25) is 0 Å².